The lowest BCUT2D eigenvalue weighted by Gasteiger charge is -2.45. The Kier molecular flexibility index (Phi) is 5.50. The summed E-state index contributed by atoms with van der Waals surface area (Å²) in [6.07, 6.45) is 0. The fraction of sp³-hybridized carbons (Fsp3) is 0.417. The molecule has 0 aliphatic carbocycles. The Morgan fingerprint density at radius 2 is 1.87 bits per heavy atom. The molecule has 31 heavy (non-hydrogen) atoms. The standard InChI is InChI=1S/C24H28N6O/c1-15-7-8-19(18(4)26-15)14-29-12-17(3)30(13-16(29)2)21-11-23(31)28(6)20-9-10-22(25-5)27-24(20)21/h7-11,16-17H,12-14H2,1-4,6H3/t16-,17+/m1/s1. The van der Waals surface area contributed by atoms with Crippen LogP contribution in [0.5, 0.6) is 0 Å². The van der Waals surface area contributed by atoms with E-state index in [0.29, 0.717) is 17.4 Å². The lowest BCUT2D eigenvalue weighted by molar-refractivity contribution is 0.157. The van der Waals surface area contributed by atoms with Gasteiger partial charge in [-0.1, -0.05) is 12.6 Å². The third-order valence-corrected chi connectivity index (χ3v) is 6.30. The van der Waals surface area contributed by atoms with Crippen molar-refractivity contribution in [3.8, 4) is 0 Å². The van der Waals surface area contributed by atoms with Crippen molar-refractivity contribution in [1.29, 1.82) is 0 Å². The predicted molar refractivity (Wildman–Crippen MR) is 124 cm³/mol. The second-order valence-corrected chi connectivity index (χ2v) is 8.55. The molecule has 3 aromatic rings. The molecule has 1 fully saturated rings. The second-order valence-electron chi connectivity index (χ2n) is 8.55. The van der Waals surface area contributed by atoms with Crippen LogP contribution >= 0.6 is 0 Å². The van der Waals surface area contributed by atoms with Crippen LogP contribution in [0, 0.1) is 20.4 Å². The second kappa shape index (κ2) is 8.12. The number of aryl methyl sites for hydroxylation is 3. The molecule has 7 heteroatoms. The molecule has 7 nitrogen and oxygen atoms in total. The molecule has 1 saturated heterocycles. The zero-order chi connectivity index (χ0) is 22.3. The highest BCUT2D eigenvalue weighted by Gasteiger charge is 2.32. The molecule has 0 N–H and O–H groups in total. The van der Waals surface area contributed by atoms with Gasteiger partial charge in [0.2, 0.25) is 5.52 Å². The van der Waals surface area contributed by atoms with Gasteiger partial charge in [-0.3, -0.25) is 14.7 Å². The summed E-state index contributed by atoms with van der Waals surface area (Å²) in [5.74, 6) is 0.342. The van der Waals surface area contributed by atoms with Gasteiger partial charge in [0.15, 0.2) is 0 Å². The summed E-state index contributed by atoms with van der Waals surface area (Å²) in [7, 11) is 1.75. The Bertz CT molecular complexity index is 1240. The molecule has 0 spiro atoms. The Balaban J connectivity index is 1.67. The van der Waals surface area contributed by atoms with E-state index >= 15 is 0 Å². The largest absolute Gasteiger partial charge is 0.362 e. The van der Waals surface area contributed by atoms with Crippen LogP contribution in [0.25, 0.3) is 15.9 Å². The highest BCUT2D eigenvalue weighted by atomic mass is 16.1. The molecular weight excluding hydrogens is 388 g/mol. The summed E-state index contributed by atoms with van der Waals surface area (Å²) >= 11 is 0. The quantitative estimate of drug-likeness (QED) is 0.611. The van der Waals surface area contributed by atoms with Crippen LogP contribution in [-0.4, -0.2) is 44.6 Å². The number of aromatic nitrogens is 3. The molecule has 0 aromatic carbocycles. The number of pyridine rings is 3. The molecule has 0 saturated carbocycles. The first kappa shape index (κ1) is 21.0. The number of anilines is 1. The monoisotopic (exact) mass is 416 g/mol. The van der Waals surface area contributed by atoms with Crippen molar-refractivity contribution in [2.24, 2.45) is 7.05 Å². The molecule has 3 aromatic heterocycles. The average Bonchev–Trinajstić information content (AvgIpc) is 2.74. The number of fused-ring (bicyclic) bond motifs is 1. The maximum atomic E-state index is 12.6. The SMILES string of the molecule is [C-]#[N+]c1ccc2c(n1)c(N1C[C@@H](C)N(Cc3ccc(C)nc3C)C[C@@H]1C)cc(=O)n2C. The molecule has 1 aliphatic rings. The van der Waals surface area contributed by atoms with Gasteiger partial charge in [0.1, 0.15) is 0 Å². The van der Waals surface area contributed by atoms with Crippen molar-refractivity contribution in [1.82, 2.24) is 19.4 Å². The minimum absolute atomic E-state index is 0.0662. The molecule has 1 aliphatic heterocycles. The summed E-state index contributed by atoms with van der Waals surface area (Å²) in [4.78, 5) is 30.0. The van der Waals surface area contributed by atoms with Crippen molar-refractivity contribution in [3.05, 3.63) is 69.1 Å². The van der Waals surface area contributed by atoms with E-state index in [1.165, 1.54) is 5.56 Å². The van der Waals surface area contributed by atoms with E-state index in [4.69, 9.17) is 6.57 Å². The molecule has 0 amide bonds. The fourth-order valence-corrected chi connectivity index (χ4v) is 4.44. The van der Waals surface area contributed by atoms with Crippen LogP contribution in [0.1, 0.15) is 30.8 Å². The van der Waals surface area contributed by atoms with Gasteiger partial charge in [0.25, 0.3) is 11.4 Å². The van der Waals surface area contributed by atoms with Crippen molar-refractivity contribution in [3.63, 3.8) is 0 Å². The third kappa shape index (κ3) is 3.91. The predicted octanol–water partition coefficient (Wildman–Crippen LogP) is 3.60. The minimum Gasteiger partial charge on any atom is -0.362 e. The van der Waals surface area contributed by atoms with E-state index in [9.17, 15) is 4.79 Å². The van der Waals surface area contributed by atoms with Crippen molar-refractivity contribution in [2.45, 2.75) is 46.3 Å². The zero-order valence-electron chi connectivity index (χ0n) is 18.8. The van der Waals surface area contributed by atoms with Gasteiger partial charge >= 0.3 is 0 Å². The molecule has 0 unspecified atom stereocenters. The molecule has 160 valence electrons. The number of piperazine rings is 1. The number of hydrogen-bond acceptors (Lipinski definition) is 5. The number of nitrogens with zero attached hydrogens (tertiary/aromatic N) is 6. The van der Waals surface area contributed by atoms with Crippen molar-refractivity contribution < 1.29 is 0 Å². The Morgan fingerprint density at radius 3 is 2.58 bits per heavy atom. The normalized spacial score (nSPS) is 19.5. The highest BCUT2D eigenvalue weighted by molar-refractivity contribution is 5.89. The Morgan fingerprint density at radius 1 is 1.10 bits per heavy atom. The van der Waals surface area contributed by atoms with Crippen LogP contribution in [0.15, 0.2) is 35.1 Å². The molecule has 0 bridgehead atoms. The number of hydrogen-bond donors (Lipinski definition) is 0. The maximum absolute atomic E-state index is 12.6. The van der Waals surface area contributed by atoms with Crippen LogP contribution in [0.3, 0.4) is 0 Å². The van der Waals surface area contributed by atoms with Crippen LogP contribution in [0.2, 0.25) is 0 Å². The topological polar surface area (TPSA) is 58.6 Å². The van der Waals surface area contributed by atoms with E-state index in [2.05, 4.69) is 57.5 Å². The average molecular weight is 417 g/mol. The van der Waals surface area contributed by atoms with E-state index in [1.54, 1.807) is 23.7 Å². The van der Waals surface area contributed by atoms with Gasteiger partial charge in [-0.2, -0.15) is 0 Å². The lowest BCUT2D eigenvalue weighted by Crippen LogP contribution is -2.56. The minimum atomic E-state index is -0.0662. The van der Waals surface area contributed by atoms with Gasteiger partial charge in [0.05, 0.1) is 11.2 Å². The zero-order valence-corrected chi connectivity index (χ0v) is 18.8. The summed E-state index contributed by atoms with van der Waals surface area (Å²) in [6.45, 7) is 18.3. The van der Waals surface area contributed by atoms with Crippen LogP contribution in [0.4, 0.5) is 11.5 Å². The molecule has 4 heterocycles. The first-order valence-electron chi connectivity index (χ1n) is 10.6. The lowest BCUT2D eigenvalue weighted by atomic mass is 10.0. The summed E-state index contributed by atoms with van der Waals surface area (Å²) in [5.41, 5.74) is 5.58. The van der Waals surface area contributed by atoms with Crippen molar-refractivity contribution in [2.75, 3.05) is 18.0 Å². The summed E-state index contributed by atoms with van der Waals surface area (Å²) in [5, 5.41) is 0. The van der Waals surface area contributed by atoms with E-state index in [-0.39, 0.29) is 11.6 Å². The van der Waals surface area contributed by atoms with Gasteiger partial charge < -0.3 is 14.3 Å². The first-order chi connectivity index (χ1) is 14.8. The summed E-state index contributed by atoms with van der Waals surface area (Å²) in [6, 6.07) is 9.88. The van der Waals surface area contributed by atoms with Crippen LogP contribution in [-0.2, 0) is 13.6 Å². The molecular formula is C24H28N6O. The number of rotatable bonds is 3. The Hall–Kier alpha value is -3.24. The molecule has 0 radical (unpaired) electrons. The van der Waals surface area contributed by atoms with E-state index in [1.807, 2.05) is 13.0 Å². The van der Waals surface area contributed by atoms with E-state index in [0.717, 1.165) is 42.2 Å². The van der Waals surface area contributed by atoms with E-state index < -0.39 is 0 Å². The van der Waals surface area contributed by atoms with Gasteiger partial charge in [-0.05, 0) is 51.5 Å². The van der Waals surface area contributed by atoms with Crippen molar-refractivity contribution >= 4 is 22.5 Å². The molecule has 4 rings (SSSR count). The van der Waals surface area contributed by atoms with Gasteiger partial charge in [-0.25, -0.2) is 0 Å². The summed E-state index contributed by atoms with van der Waals surface area (Å²) < 4.78 is 1.59. The third-order valence-electron chi connectivity index (χ3n) is 6.30. The highest BCUT2D eigenvalue weighted by Crippen LogP contribution is 2.30. The molecule has 2 atom stereocenters. The first-order valence-corrected chi connectivity index (χ1v) is 10.6. The fourth-order valence-electron chi connectivity index (χ4n) is 4.44. The smallest absolute Gasteiger partial charge is 0.270 e. The van der Waals surface area contributed by atoms with Gasteiger partial charge in [0, 0.05) is 56.2 Å². The Labute approximate surface area is 182 Å². The van der Waals surface area contributed by atoms with Crippen LogP contribution < -0.4 is 10.5 Å². The maximum Gasteiger partial charge on any atom is 0.270 e. The van der Waals surface area contributed by atoms with Gasteiger partial charge in [-0.15, -0.1) is 4.98 Å².